The largest absolute Gasteiger partial charge is 0.478 e. The minimum Gasteiger partial charge on any atom is -0.478 e. The van der Waals surface area contributed by atoms with E-state index in [9.17, 15) is 9.59 Å². The van der Waals surface area contributed by atoms with Crippen molar-refractivity contribution in [2.45, 2.75) is 0 Å². The van der Waals surface area contributed by atoms with Gasteiger partial charge in [0.25, 0.3) is 5.91 Å². The zero-order valence-corrected chi connectivity index (χ0v) is 8.42. The van der Waals surface area contributed by atoms with Crippen molar-refractivity contribution in [1.82, 2.24) is 4.98 Å². The van der Waals surface area contributed by atoms with Crippen LogP contribution in [0, 0.1) is 0 Å². The summed E-state index contributed by atoms with van der Waals surface area (Å²) in [6.45, 7) is 0.953. The molecule has 6 heteroatoms. The smallest absolute Gasteiger partial charge is 0.337 e. The van der Waals surface area contributed by atoms with E-state index in [2.05, 4.69) is 4.98 Å². The number of aromatic nitrogens is 1. The standard InChI is InChI=1S/C10H10N2O4/c13-9-6-16-4-3-12(9)8-2-1-7(5-11-8)10(14)15/h1-2,5H,3-4,6H2,(H,14,15). The topological polar surface area (TPSA) is 79.7 Å². The molecule has 1 aromatic rings. The molecule has 0 aromatic carbocycles. The highest BCUT2D eigenvalue weighted by Crippen LogP contribution is 2.13. The average molecular weight is 222 g/mol. The van der Waals surface area contributed by atoms with Crippen LogP contribution in [0.2, 0.25) is 0 Å². The molecule has 0 atom stereocenters. The van der Waals surface area contributed by atoms with Crippen LogP contribution in [0.15, 0.2) is 18.3 Å². The van der Waals surface area contributed by atoms with Gasteiger partial charge in [-0.05, 0) is 12.1 Å². The molecule has 2 heterocycles. The first-order chi connectivity index (χ1) is 7.68. The molecule has 0 saturated carbocycles. The molecule has 2 rings (SSSR count). The van der Waals surface area contributed by atoms with Crippen molar-refractivity contribution in [2.75, 3.05) is 24.7 Å². The lowest BCUT2D eigenvalue weighted by Gasteiger charge is -2.25. The summed E-state index contributed by atoms with van der Waals surface area (Å²) in [5.74, 6) is -0.743. The molecular formula is C10H10N2O4. The SMILES string of the molecule is O=C(O)c1ccc(N2CCOCC2=O)nc1. The molecule has 0 aliphatic carbocycles. The Hall–Kier alpha value is -1.95. The normalized spacial score (nSPS) is 16.2. The van der Waals surface area contributed by atoms with Crippen molar-refractivity contribution in [1.29, 1.82) is 0 Å². The van der Waals surface area contributed by atoms with Crippen LogP contribution in [0.4, 0.5) is 5.82 Å². The van der Waals surface area contributed by atoms with Crippen molar-refractivity contribution in [3.8, 4) is 0 Å². The third kappa shape index (κ3) is 2.01. The van der Waals surface area contributed by atoms with Crippen molar-refractivity contribution >= 4 is 17.7 Å². The molecule has 0 radical (unpaired) electrons. The van der Waals surface area contributed by atoms with E-state index in [1.165, 1.54) is 23.2 Å². The summed E-state index contributed by atoms with van der Waals surface area (Å²) >= 11 is 0. The lowest BCUT2D eigenvalue weighted by atomic mass is 10.3. The highest BCUT2D eigenvalue weighted by molar-refractivity contribution is 5.94. The predicted octanol–water partition coefficient (Wildman–Crippen LogP) is 0.143. The molecule has 1 aromatic heterocycles. The van der Waals surface area contributed by atoms with Gasteiger partial charge < -0.3 is 9.84 Å². The van der Waals surface area contributed by atoms with Crippen LogP contribution in [0.3, 0.4) is 0 Å². The van der Waals surface area contributed by atoms with Crippen LogP contribution in [0.1, 0.15) is 10.4 Å². The molecule has 0 bridgehead atoms. The fraction of sp³-hybridized carbons (Fsp3) is 0.300. The van der Waals surface area contributed by atoms with Gasteiger partial charge >= 0.3 is 5.97 Å². The van der Waals surface area contributed by atoms with Gasteiger partial charge in [0, 0.05) is 6.20 Å². The van der Waals surface area contributed by atoms with Crippen LogP contribution in [0.5, 0.6) is 0 Å². The zero-order chi connectivity index (χ0) is 11.5. The first-order valence-corrected chi connectivity index (χ1v) is 4.76. The fourth-order valence-electron chi connectivity index (χ4n) is 1.43. The molecule has 0 unspecified atom stereocenters. The van der Waals surface area contributed by atoms with Crippen LogP contribution < -0.4 is 4.90 Å². The minimum atomic E-state index is -1.03. The molecular weight excluding hydrogens is 212 g/mol. The number of hydrogen-bond donors (Lipinski definition) is 1. The Balaban J connectivity index is 2.20. The van der Waals surface area contributed by atoms with Gasteiger partial charge in [-0.15, -0.1) is 0 Å². The van der Waals surface area contributed by atoms with Gasteiger partial charge in [-0.3, -0.25) is 9.69 Å². The number of pyridine rings is 1. The summed E-state index contributed by atoms with van der Waals surface area (Å²) in [5, 5.41) is 8.70. The quantitative estimate of drug-likeness (QED) is 0.770. The first kappa shape index (κ1) is 10.6. The van der Waals surface area contributed by atoms with E-state index in [0.29, 0.717) is 19.0 Å². The number of amides is 1. The van der Waals surface area contributed by atoms with Crippen molar-refractivity contribution in [3.05, 3.63) is 23.9 Å². The maximum atomic E-state index is 11.5. The molecule has 1 N–H and O–H groups in total. The van der Waals surface area contributed by atoms with Crippen LogP contribution in [-0.2, 0) is 9.53 Å². The van der Waals surface area contributed by atoms with Gasteiger partial charge in [-0.1, -0.05) is 0 Å². The first-order valence-electron chi connectivity index (χ1n) is 4.76. The fourth-order valence-corrected chi connectivity index (χ4v) is 1.43. The number of morpholine rings is 1. The number of carboxylic acid groups (broad SMARTS) is 1. The van der Waals surface area contributed by atoms with Crippen LogP contribution in [0.25, 0.3) is 0 Å². The monoisotopic (exact) mass is 222 g/mol. The summed E-state index contributed by atoms with van der Waals surface area (Å²) in [4.78, 5) is 27.5. The Morgan fingerprint density at radius 1 is 1.50 bits per heavy atom. The van der Waals surface area contributed by atoms with E-state index in [0.717, 1.165) is 0 Å². The van der Waals surface area contributed by atoms with Crippen LogP contribution in [-0.4, -0.2) is 41.7 Å². The Labute approximate surface area is 91.5 Å². The molecule has 1 aliphatic rings. The lowest BCUT2D eigenvalue weighted by Crippen LogP contribution is -2.42. The summed E-state index contributed by atoms with van der Waals surface area (Å²) in [7, 11) is 0. The summed E-state index contributed by atoms with van der Waals surface area (Å²) in [6, 6.07) is 2.94. The van der Waals surface area contributed by atoms with Gasteiger partial charge in [0.2, 0.25) is 0 Å². The van der Waals surface area contributed by atoms with E-state index >= 15 is 0 Å². The van der Waals surface area contributed by atoms with E-state index in [4.69, 9.17) is 9.84 Å². The number of carboxylic acids is 1. The highest BCUT2D eigenvalue weighted by atomic mass is 16.5. The highest BCUT2D eigenvalue weighted by Gasteiger charge is 2.21. The van der Waals surface area contributed by atoms with Gasteiger partial charge in [0.05, 0.1) is 18.7 Å². The molecule has 1 saturated heterocycles. The molecule has 6 nitrogen and oxygen atoms in total. The maximum Gasteiger partial charge on any atom is 0.337 e. The number of carbonyl (C=O) groups is 2. The second-order valence-corrected chi connectivity index (χ2v) is 3.31. The van der Waals surface area contributed by atoms with Gasteiger partial charge in [-0.25, -0.2) is 9.78 Å². The molecule has 16 heavy (non-hydrogen) atoms. The third-order valence-electron chi connectivity index (χ3n) is 2.26. The molecule has 0 spiro atoms. The lowest BCUT2D eigenvalue weighted by molar-refractivity contribution is -0.125. The van der Waals surface area contributed by atoms with Crippen molar-refractivity contribution in [3.63, 3.8) is 0 Å². The Morgan fingerprint density at radius 3 is 2.88 bits per heavy atom. The minimum absolute atomic E-state index is 0.0440. The Morgan fingerprint density at radius 2 is 2.31 bits per heavy atom. The molecule has 1 aliphatic heterocycles. The number of anilines is 1. The third-order valence-corrected chi connectivity index (χ3v) is 2.26. The maximum absolute atomic E-state index is 11.5. The van der Waals surface area contributed by atoms with E-state index in [1.807, 2.05) is 0 Å². The van der Waals surface area contributed by atoms with Gasteiger partial charge in [0.1, 0.15) is 12.4 Å². The van der Waals surface area contributed by atoms with Crippen molar-refractivity contribution < 1.29 is 19.4 Å². The van der Waals surface area contributed by atoms with Crippen LogP contribution >= 0.6 is 0 Å². The molecule has 1 fully saturated rings. The van der Waals surface area contributed by atoms with Gasteiger partial charge in [0.15, 0.2) is 0 Å². The second kappa shape index (κ2) is 4.28. The average Bonchev–Trinajstić information content (AvgIpc) is 2.30. The number of carbonyl (C=O) groups excluding carboxylic acids is 1. The second-order valence-electron chi connectivity index (χ2n) is 3.31. The zero-order valence-electron chi connectivity index (χ0n) is 8.42. The number of aromatic carboxylic acids is 1. The molecule has 84 valence electrons. The number of nitrogens with zero attached hydrogens (tertiary/aromatic N) is 2. The number of rotatable bonds is 2. The summed E-state index contributed by atoms with van der Waals surface area (Å²) in [6.07, 6.45) is 1.24. The van der Waals surface area contributed by atoms with Crippen molar-refractivity contribution in [2.24, 2.45) is 0 Å². The number of ether oxygens (including phenoxy) is 1. The Kier molecular flexibility index (Phi) is 2.82. The molecule has 1 amide bonds. The van der Waals surface area contributed by atoms with E-state index in [1.54, 1.807) is 0 Å². The Bertz CT molecular complexity index is 415. The van der Waals surface area contributed by atoms with E-state index in [-0.39, 0.29) is 18.1 Å². The predicted molar refractivity (Wildman–Crippen MR) is 54.4 cm³/mol. The summed E-state index contributed by atoms with van der Waals surface area (Å²) in [5.41, 5.74) is 0.101. The van der Waals surface area contributed by atoms with Gasteiger partial charge in [-0.2, -0.15) is 0 Å². The number of hydrogen-bond acceptors (Lipinski definition) is 4. The van der Waals surface area contributed by atoms with E-state index < -0.39 is 5.97 Å². The summed E-state index contributed by atoms with van der Waals surface area (Å²) < 4.78 is 4.98.